The summed E-state index contributed by atoms with van der Waals surface area (Å²) >= 11 is 1.54. The molecule has 0 amide bonds. The van der Waals surface area contributed by atoms with Gasteiger partial charge in [0.15, 0.2) is 0 Å². The molecule has 0 spiro atoms. The maximum Gasteiger partial charge on any atom is 0.293 e. The van der Waals surface area contributed by atoms with Crippen molar-refractivity contribution in [2.45, 2.75) is 17.9 Å². The molecule has 0 saturated heterocycles. The fourth-order valence-corrected chi connectivity index (χ4v) is 3.97. The third-order valence-corrected chi connectivity index (χ3v) is 5.92. The minimum absolute atomic E-state index is 0.0800. The Bertz CT molecular complexity index is 619. The first kappa shape index (κ1) is 17.7. The van der Waals surface area contributed by atoms with Crippen LogP contribution in [0.1, 0.15) is 6.92 Å². The molecule has 118 valence electrons. The molecular formula is C12H19N3O4S2. The molecule has 1 aromatic rings. The van der Waals surface area contributed by atoms with Crippen molar-refractivity contribution in [3.05, 3.63) is 28.3 Å². The van der Waals surface area contributed by atoms with E-state index in [-0.39, 0.29) is 22.3 Å². The molecule has 0 radical (unpaired) electrons. The summed E-state index contributed by atoms with van der Waals surface area (Å²) in [6.07, 6.45) is 1.89. The van der Waals surface area contributed by atoms with E-state index < -0.39 is 14.9 Å². The lowest BCUT2D eigenvalue weighted by atomic mass is 10.3. The summed E-state index contributed by atoms with van der Waals surface area (Å²) in [4.78, 5) is 10.3. The van der Waals surface area contributed by atoms with Gasteiger partial charge in [0, 0.05) is 32.0 Å². The lowest BCUT2D eigenvalue weighted by Gasteiger charge is -2.23. The Morgan fingerprint density at radius 1 is 1.48 bits per heavy atom. The van der Waals surface area contributed by atoms with Crippen molar-refractivity contribution in [2.24, 2.45) is 0 Å². The van der Waals surface area contributed by atoms with Crippen LogP contribution in [0.2, 0.25) is 0 Å². The first-order valence-electron chi connectivity index (χ1n) is 6.18. The van der Waals surface area contributed by atoms with Crippen LogP contribution < -0.4 is 5.32 Å². The molecule has 0 bridgehead atoms. The van der Waals surface area contributed by atoms with Crippen LogP contribution in [0, 0.1) is 10.1 Å². The van der Waals surface area contributed by atoms with Gasteiger partial charge in [0.1, 0.15) is 5.69 Å². The van der Waals surface area contributed by atoms with Gasteiger partial charge in [-0.15, -0.1) is 0 Å². The maximum atomic E-state index is 12.5. The van der Waals surface area contributed by atoms with Crippen molar-refractivity contribution in [3.8, 4) is 0 Å². The van der Waals surface area contributed by atoms with Gasteiger partial charge in [-0.3, -0.25) is 10.1 Å². The summed E-state index contributed by atoms with van der Waals surface area (Å²) in [7, 11) is -0.729. The standard InChI is InChI=1S/C12H19N3O4S2/c1-9(8-20-4)14(3)21(18,19)10-5-6-11(13-2)12(7-10)15(16)17/h5-7,9,13H,8H2,1-4H3. The number of hydrogen-bond acceptors (Lipinski definition) is 6. The van der Waals surface area contributed by atoms with Gasteiger partial charge in [0.05, 0.1) is 9.82 Å². The smallest absolute Gasteiger partial charge is 0.293 e. The second-order valence-electron chi connectivity index (χ2n) is 4.51. The Morgan fingerprint density at radius 2 is 2.10 bits per heavy atom. The summed E-state index contributed by atoms with van der Waals surface area (Å²) in [5.41, 5.74) is 0.0169. The Hall–Kier alpha value is -1.32. The van der Waals surface area contributed by atoms with Gasteiger partial charge in [-0.1, -0.05) is 0 Å². The summed E-state index contributed by atoms with van der Waals surface area (Å²) < 4.78 is 26.2. The molecule has 0 aromatic heterocycles. The average molecular weight is 333 g/mol. The molecule has 0 aliphatic carbocycles. The number of thioether (sulfide) groups is 1. The van der Waals surface area contributed by atoms with Gasteiger partial charge in [0.25, 0.3) is 5.69 Å². The quantitative estimate of drug-likeness (QED) is 0.606. The highest BCUT2D eigenvalue weighted by Gasteiger charge is 2.27. The number of sulfonamides is 1. The van der Waals surface area contributed by atoms with Crippen molar-refractivity contribution < 1.29 is 13.3 Å². The van der Waals surface area contributed by atoms with Crippen LogP contribution in [0.25, 0.3) is 0 Å². The number of nitrogens with one attached hydrogen (secondary N) is 1. The number of nitrogens with zero attached hydrogens (tertiary/aromatic N) is 2. The molecule has 1 unspecified atom stereocenters. The number of hydrogen-bond donors (Lipinski definition) is 1. The molecule has 0 aliphatic rings. The van der Waals surface area contributed by atoms with E-state index in [9.17, 15) is 18.5 Å². The highest BCUT2D eigenvalue weighted by atomic mass is 32.2. The van der Waals surface area contributed by atoms with E-state index in [2.05, 4.69) is 5.32 Å². The molecular weight excluding hydrogens is 314 g/mol. The number of nitro groups is 1. The lowest BCUT2D eigenvalue weighted by Crippen LogP contribution is -2.36. The molecule has 0 aliphatic heterocycles. The molecule has 9 heteroatoms. The molecule has 7 nitrogen and oxygen atoms in total. The Kier molecular flexibility index (Phi) is 5.99. The van der Waals surface area contributed by atoms with E-state index in [4.69, 9.17) is 0 Å². The highest BCUT2D eigenvalue weighted by Crippen LogP contribution is 2.28. The van der Waals surface area contributed by atoms with Gasteiger partial charge >= 0.3 is 0 Å². The Labute approximate surface area is 128 Å². The second kappa shape index (κ2) is 7.10. The van der Waals surface area contributed by atoms with Gasteiger partial charge in [-0.05, 0) is 25.3 Å². The third-order valence-electron chi connectivity index (χ3n) is 3.14. The largest absolute Gasteiger partial charge is 0.383 e. The topological polar surface area (TPSA) is 92.6 Å². The summed E-state index contributed by atoms with van der Waals surface area (Å²) in [5, 5.41) is 13.7. The molecule has 1 aromatic carbocycles. The predicted octanol–water partition coefficient (Wildman–Crippen LogP) is 2.01. The fourth-order valence-electron chi connectivity index (χ4n) is 1.78. The van der Waals surface area contributed by atoms with Crippen LogP contribution in [0.3, 0.4) is 0 Å². The zero-order valence-corrected chi connectivity index (χ0v) is 14.0. The van der Waals surface area contributed by atoms with E-state index in [0.29, 0.717) is 5.75 Å². The molecule has 0 saturated carbocycles. The van der Waals surface area contributed by atoms with E-state index in [1.165, 1.54) is 35.2 Å². The number of benzene rings is 1. The second-order valence-corrected chi connectivity index (χ2v) is 7.42. The fraction of sp³-hybridized carbons (Fsp3) is 0.500. The van der Waals surface area contributed by atoms with Crippen LogP contribution in [-0.2, 0) is 10.0 Å². The third kappa shape index (κ3) is 3.86. The number of rotatable bonds is 7. The first-order valence-corrected chi connectivity index (χ1v) is 9.02. The zero-order chi connectivity index (χ0) is 16.2. The van der Waals surface area contributed by atoms with Gasteiger partial charge in [-0.2, -0.15) is 16.1 Å². The van der Waals surface area contributed by atoms with Crippen LogP contribution in [-0.4, -0.2) is 49.8 Å². The van der Waals surface area contributed by atoms with Crippen LogP contribution in [0.4, 0.5) is 11.4 Å². The SMILES string of the molecule is CNc1ccc(S(=O)(=O)N(C)C(C)CSC)cc1[N+](=O)[O-]. The first-order chi connectivity index (χ1) is 9.75. The molecule has 1 atom stereocenters. The van der Waals surface area contributed by atoms with Gasteiger partial charge in [-0.25, -0.2) is 8.42 Å². The summed E-state index contributed by atoms with van der Waals surface area (Å²) in [6.45, 7) is 1.80. The lowest BCUT2D eigenvalue weighted by molar-refractivity contribution is -0.384. The maximum absolute atomic E-state index is 12.5. The molecule has 1 rings (SSSR count). The predicted molar refractivity (Wildman–Crippen MR) is 85.4 cm³/mol. The van der Waals surface area contributed by atoms with Crippen molar-refractivity contribution in [1.29, 1.82) is 0 Å². The minimum Gasteiger partial charge on any atom is -0.383 e. The van der Waals surface area contributed by atoms with Crippen molar-refractivity contribution in [1.82, 2.24) is 4.31 Å². The van der Waals surface area contributed by atoms with Crippen molar-refractivity contribution in [3.63, 3.8) is 0 Å². The van der Waals surface area contributed by atoms with E-state index >= 15 is 0 Å². The van der Waals surface area contributed by atoms with Gasteiger partial charge in [0.2, 0.25) is 10.0 Å². The molecule has 0 heterocycles. The van der Waals surface area contributed by atoms with Gasteiger partial charge < -0.3 is 5.32 Å². The van der Waals surface area contributed by atoms with E-state index in [1.54, 1.807) is 14.0 Å². The van der Waals surface area contributed by atoms with Crippen molar-refractivity contribution >= 4 is 33.2 Å². The van der Waals surface area contributed by atoms with Crippen molar-refractivity contribution in [2.75, 3.05) is 31.4 Å². The van der Waals surface area contributed by atoms with E-state index in [1.807, 2.05) is 6.26 Å². The molecule has 1 N–H and O–H groups in total. The molecule has 21 heavy (non-hydrogen) atoms. The summed E-state index contributed by atoms with van der Waals surface area (Å²) in [6, 6.07) is 3.66. The van der Waals surface area contributed by atoms with Crippen LogP contribution in [0.5, 0.6) is 0 Å². The summed E-state index contributed by atoms with van der Waals surface area (Å²) in [5.74, 6) is 0.645. The van der Waals surface area contributed by atoms with Crippen LogP contribution >= 0.6 is 11.8 Å². The number of nitro benzene ring substituents is 1. The van der Waals surface area contributed by atoms with Crippen LogP contribution in [0.15, 0.2) is 23.1 Å². The Balaban J connectivity index is 3.26. The Morgan fingerprint density at radius 3 is 2.57 bits per heavy atom. The normalized spacial score (nSPS) is 13.2. The average Bonchev–Trinajstić information content (AvgIpc) is 2.45. The monoisotopic (exact) mass is 333 g/mol. The minimum atomic E-state index is -3.75. The highest BCUT2D eigenvalue weighted by molar-refractivity contribution is 7.98. The zero-order valence-electron chi connectivity index (χ0n) is 12.4. The van der Waals surface area contributed by atoms with E-state index in [0.717, 1.165) is 6.07 Å². The number of anilines is 1. The molecule has 0 fully saturated rings.